The van der Waals surface area contributed by atoms with E-state index >= 15 is 0 Å². The maximum absolute atomic E-state index is 12.7. The summed E-state index contributed by atoms with van der Waals surface area (Å²) >= 11 is 0. The van der Waals surface area contributed by atoms with Crippen LogP contribution < -0.4 is 5.32 Å². The summed E-state index contributed by atoms with van der Waals surface area (Å²) in [4.78, 5) is 26.6. The Morgan fingerprint density at radius 2 is 2.00 bits per heavy atom. The molecule has 104 valence electrons. The van der Waals surface area contributed by atoms with Gasteiger partial charge in [-0.15, -0.1) is 0 Å². The highest BCUT2D eigenvalue weighted by Gasteiger charge is 2.52. The largest absolute Gasteiger partial charge is 0.373 e. The Labute approximate surface area is 112 Å². The molecule has 4 rings (SSSR count). The first-order valence-corrected chi connectivity index (χ1v) is 7.43. The van der Waals surface area contributed by atoms with Gasteiger partial charge in [-0.25, -0.2) is 0 Å². The zero-order valence-electron chi connectivity index (χ0n) is 11.2. The van der Waals surface area contributed by atoms with Crippen LogP contribution in [0.15, 0.2) is 0 Å². The second-order valence-corrected chi connectivity index (χ2v) is 6.42. The van der Waals surface area contributed by atoms with E-state index in [4.69, 9.17) is 4.74 Å². The van der Waals surface area contributed by atoms with E-state index in [1.54, 1.807) is 0 Å². The van der Waals surface area contributed by atoms with E-state index in [9.17, 15) is 9.59 Å². The van der Waals surface area contributed by atoms with Gasteiger partial charge in [0.1, 0.15) is 12.1 Å². The van der Waals surface area contributed by atoms with E-state index in [1.165, 1.54) is 0 Å². The van der Waals surface area contributed by atoms with Crippen molar-refractivity contribution >= 4 is 11.8 Å². The Morgan fingerprint density at radius 1 is 1.21 bits per heavy atom. The summed E-state index contributed by atoms with van der Waals surface area (Å²) in [5, 5.41) is 2.90. The van der Waals surface area contributed by atoms with Crippen LogP contribution >= 0.6 is 0 Å². The first-order chi connectivity index (χ1) is 9.15. The Balaban J connectivity index is 1.60. The molecule has 1 N–H and O–H groups in total. The monoisotopic (exact) mass is 264 g/mol. The van der Waals surface area contributed by atoms with Gasteiger partial charge in [-0.3, -0.25) is 9.59 Å². The summed E-state index contributed by atoms with van der Waals surface area (Å²) in [6.07, 6.45) is 5.63. The molecular formula is C14H20N2O3. The zero-order chi connectivity index (χ0) is 13.1. The molecule has 19 heavy (non-hydrogen) atoms. The zero-order valence-corrected chi connectivity index (χ0v) is 11.2. The molecule has 4 aliphatic rings. The normalized spacial score (nSPS) is 45.7. The van der Waals surface area contributed by atoms with Crippen LogP contribution in [-0.2, 0) is 14.3 Å². The van der Waals surface area contributed by atoms with Crippen LogP contribution in [0.3, 0.4) is 0 Å². The molecular weight excluding hydrogens is 244 g/mol. The summed E-state index contributed by atoms with van der Waals surface area (Å²) in [7, 11) is 0. The van der Waals surface area contributed by atoms with Crippen molar-refractivity contribution in [2.75, 3.05) is 0 Å². The minimum absolute atomic E-state index is 0.000673. The summed E-state index contributed by atoms with van der Waals surface area (Å²) in [6.45, 7) is 1.84. The third-order valence-corrected chi connectivity index (χ3v) is 5.14. The number of ether oxygens (including phenoxy) is 1. The van der Waals surface area contributed by atoms with Crippen LogP contribution in [0, 0.1) is 5.92 Å². The smallest absolute Gasteiger partial charge is 0.246 e. The van der Waals surface area contributed by atoms with Crippen LogP contribution in [0.2, 0.25) is 0 Å². The Kier molecular flexibility index (Phi) is 2.43. The number of nitrogens with zero attached hydrogens (tertiary/aromatic N) is 1. The first kappa shape index (κ1) is 11.7. The van der Waals surface area contributed by atoms with Crippen LogP contribution in [0.1, 0.15) is 39.0 Å². The summed E-state index contributed by atoms with van der Waals surface area (Å²) in [5.41, 5.74) is 0. The number of hydrogen-bond donors (Lipinski definition) is 1. The van der Waals surface area contributed by atoms with Gasteiger partial charge in [0.2, 0.25) is 11.8 Å². The molecule has 0 spiro atoms. The Bertz CT molecular complexity index is 434. The van der Waals surface area contributed by atoms with E-state index in [2.05, 4.69) is 5.32 Å². The minimum Gasteiger partial charge on any atom is -0.373 e. The lowest BCUT2D eigenvalue weighted by Gasteiger charge is -2.42. The van der Waals surface area contributed by atoms with Crippen LogP contribution in [0.25, 0.3) is 0 Å². The van der Waals surface area contributed by atoms with Crippen molar-refractivity contribution in [3.05, 3.63) is 0 Å². The molecule has 3 saturated heterocycles. The SMILES string of the molecule is CC1C(=O)NC(C2CC2)C(=O)N1C1CC2CCC1O2. The molecule has 0 radical (unpaired) electrons. The molecule has 4 fully saturated rings. The van der Waals surface area contributed by atoms with Gasteiger partial charge in [-0.2, -0.15) is 0 Å². The fourth-order valence-corrected chi connectivity index (χ4v) is 3.92. The van der Waals surface area contributed by atoms with Gasteiger partial charge in [-0.05, 0) is 44.9 Å². The number of carbonyl (C=O) groups is 2. The lowest BCUT2D eigenvalue weighted by atomic mass is 9.91. The van der Waals surface area contributed by atoms with Gasteiger partial charge in [0, 0.05) is 0 Å². The van der Waals surface area contributed by atoms with E-state index < -0.39 is 0 Å². The van der Waals surface area contributed by atoms with Crippen molar-refractivity contribution < 1.29 is 14.3 Å². The van der Waals surface area contributed by atoms with Crippen LogP contribution in [-0.4, -0.2) is 47.0 Å². The fraction of sp³-hybridized carbons (Fsp3) is 0.857. The molecule has 3 heterocycles. The van der Waals surface area contributed by atoms with Crippen molar-refractivity contribution in [3.63, 3.8) is 0 Å². The molecule has 2 bridgehead atoms. The van der Waals surface area contributed by atoms with Crippen molar-refractivity contribution in [1.82, 2.24) is 10.2 Å². The second-order valence-electron chi connectivity index (χ2n) is 6.42. The van der Waals surface area contributed by atoms with Crippen molar-refractivity contribution in [1.29, 1.82) is 0 Å². The average molecular weight is 264 g/mol. The summed E-state index contributed by atoms with van der Waals surface area (Å²) < 4.78 is 5.86. The molecule has 3 aliphatic heterocycles. The number of hydrogen-bond acceptors (Lipinski definition) is 3. The van der Waals surface area contributed by atoms with E-state index in [0.717, 1.165) is 32.1 Å². The predicted molar refractivity (Wildman–Crippen MR) is 67.3 cm³/mol. The van der Waals surface area contributed by atoms with Gasteiger partial charge in [0.25, 0.3) is 0 Å². The van der Waals surface area contributed by atoms with Crippen molar-refractivity contribution in [3.8, 4) is 0 Å². The van der Waals surface area contributed by atoms with Gasteiger partial charge in [0.05, 0.1) is 18.2 Å². The molecule has 0 aromatic rings. The summed E-state index contributed by atoms with van der Waals surface area (Å²) in [6, 6.07) is -0.508. The Morgan fingerprint density at radius 3 is 2.58 bits per heavy atom. The van der Waals surface area contributed by atoms with Gasteiger partial charge < -0.3 is 15.0 Å². The average Bonchev–Trinajstić information content (AvgIpc) is 3.02. The van der Waals surface area contributed by atoms with Crippen LogP contribution in [0.4, 0.5) is 0 Å². The van der Waals surface area contributed by atoms with Gasteiger partial charge >= 0.3 is 0 Å². The highest BCUT2D eigenvalue weighted by atomic mass is 16.5. The highest BCUT2D eigenvalue weighted by Crippen LogP contribution is 2.41. The first-order valence-electron chi connectivity index (χ1n) is 7.43. The maximum Gasteiger partial charge on any atom is 0.246 e. The molecule has 0 aromatic heterocycles. The number of amides is 2. The lowest BCUT2D eigenvalue weighted by molar-refractivity contribution is -0.153. The van der Waals surface area contributed by atoms with E-state index in [-0.39, 0.29) is 36.0 Å². The summed E-state index contributed by atoms with van der Waals surface area (Å²) in [5.74, 6) is 0.487. The van der Waals surface area contributed by atoms with Gasteiger partial charge in [0.15, 0.2) is 0 Å². The lowest BCUT2D eigenvalue weighted by Crippen LogP contribution is -2.66. The standard InChI is InChI=1S/C14H20N2O3/c1-7-13(17)15-12(8-2-3-8)14(18)16(7)10-6-9-4-5-11(10)19-9/h7-12H,2-6H2,1H3,(H,15,17). The predicted octanol–water partition coefficient (Wildman–Crippen LogP) is 0.432. The number of fused-ring (bicyclic) bond motifs is 2. The molecule has 1 saturated carbocycles. The molecule has 5 atom stereocenters. The number of piperazine rings is 1. The third kappa shape index (κ3) is 1.71. The van der Waals surface area contributed by atoms with Crippen LogP contribution in [0.5, 0.6) is 0 Å². The topological polar surface area (TPSA) is 58.6 Å². The second kappa shape index (κ2) is 3.95. The quantitative estimate of drug-likeness (QED) is 0.787. The number of carbonyl (C=O) groups excluding carboxylic acids is 2. The molecule has 5 nitrogen and oxygen atoms in total. The molecule has 2 amide bonds. The molecule has 5 heteroatoms. The molecule has 5 unspecified atom stereocenters. The molecule has 0 aromatic carbocycles. The number of nitrogens with one attached hydrogen (secondary N) is 1. The van der Waals surface area contributed by atoms with E-state index in [1.807, 2.05) is 11.8 Å². The maximum atomic E-state index is 12.7. The van der Waals surface area contributed by atoms with Crippen molar-refractivity contribution in [2.45, 2.75) is 69.4 Å². The minimum atomic E-state index is -0.351. The Hall–Kier alpha value is -1.10. The highest BCUT2D eigenvalue weighted by molar-refractivity contribution is 5.97. The molecule has 1 aliphatic carbocycles. The fourth-order valence-electron chi connectivity index (χ4n) is 3.92. The van der Waals surface area contributed by atoms with Crippen molar-refractivity contribution in [2.24, 2.45) is 5.92 Å². The number of rotatable bonds is 2. The van der Waals surface area contributed by atoms with Gasteiger partial charge in [-0.1, -0.05) is 0 Å². The third-order valence-electron chi connectivity index (χ3n) is 5.14. The van der Waals surface area contributed by atoms with E-state index in [0.29, 0.717) is 12.0 Å².